The maximum absolute atomic E-state index is 13.2. The number of carbonyl (C=O) groups is 1. The van der Waals surface area contributed by atoms with E-state index in [0.717, 1.165) is 41.1 Å². The minimum Gasteiger partial charge on any atom is -0.335 e. The lowest BCUT2D eigenvalue weighted by Gasteiger charge is -2.39. The van der Waals surface area contributed by atoms with Crippen LogP contribution >= 0.6 is 22.9 Å². The van der Waals surface area contributed by atoms with Crippen LogP contribution in [-0.2, 0) is 0 Å². The number of amides is 1. The molecule has 156 valence electrons. The first-order valence-electron chi connectivity index (χ1n) is 10.5. The van der Waals surface area contributed by atoms with Gasteiger partial charge in [0, 0.05) is 35.9 Å². The highest BCUT2D eigenvalue weighted by atomic mass is 35.5. The van der Waals surface area contributed by atoms with E-state index in [1.54, 1.807) is 11.3 Å². The van der Waals surface area contributed by atoms with E-state index >= 15 is 0 Å². The molecule has 0 radical (unpaired) electrons. The Morgan fingerprint density at radius 1 is 0.806 bits per heavy atom. The van der Waals surface area contributed by atoms with Gasteiger partial charge in [-0.1, -0.05) is 72.3 Å². The van der Waals surface area contributed by atoms with Crippen molar-refractivity contribution in [2.45, 2.75) is 6.04 Å². The molecule has 1 fully saturated rings. The summed E-state index contributed by atoms with van der Waals surface area (Å²) in [6, 6.07) is 29.2. The van der Waals surface area contributed by atoms with Gasteiger partial charge < -0.3 is 4.90 Å². The molecule has 1 aromatic heterocycles. The Bertz CT molecular complexity index is 1140. The number of fused-ring (bicyclic) bond motifs is 1. The molecule has 1 aliphatic heterocycles. The van der Waals surface area contributed by atoms with Gasteiger partial charge in [-0.05, 0) is 40.8 Å². The van der Waals surface area contributed by atoms with E-state index in [1.807, 2.05) is 29.2 Å². The molecule has 2 heterocycles. The van der Waals surface area contributed by atoms with Gasteiger partial charge in [0.1, 0.15) is 0 Å². The first-order valence-corrected chi connectivity index (χ1v) is 11.7. The molecule has 1 aliphatic rings. The summed E-state index contributed by atoms with van der Waals surface area (Å²) >= 11 is 7.65. The number of nitrogens with zero attached hydrogens (tertiary/aromatic N) is 2. The Morgan fingerprint density at radius 2 is 1.42 bits per heavy atom. The Balaban J connectivity index is 1.34. The van der Waals surface area contributed by atoms with Crippen molar-refractivity contribution in [1.82, 2.24) is 9.80 Å². The summed E-state index contributed by atoms with van der Waals surface area (Å²) in [6.45, 7) is 3.14. The second-order valence-corrected chi connectivity index (χ2v) is 9.37. The zero-order chi connectivity index (χ0) is 21.2. The molecule has 0 spiro atoms. The van der Waals surface area contributed by atoms with Gasteiger partial charge in [0.15, 0.2) is 0 Å². The molecule has 5 rings (SSSR count). The molecule has 5 heteroatoms. The fourth-order valence-electron chi connectivity index (χ4n) is 4.34. The second-order valence-electron chi connectivity index (χ2n) is 7.84. The van der Waals surface area contributed by atoms with E-state index in [0.29, 0.717) is 5.02 Å². The Hall–Kier alpha value is -2.66. The van der Waals surface area contributed by atoms with Gasteiger partial charge in [0.2, 0.25) is 0 Å². The van der Waals surface area contributed by atoms with Gasteiger partial charge in [0.25, 0.3) is 5.91 Å². The molecule has 3 nitrogen and oxygen atoms in total. The van der Waals surface area contributed by atoms with Crippen molar-refractivity contribution in [2.75, 3.05) is 26.2 Å². The van der Waals surface area contributed by atoms with Gasteiger partial charge >= 0.3 is 0 Å². The number of hydrogen-bond acceptors (Lipinski definition) is 3. The second kappa shape index (κ2) is 8.83. The summed E-state index contributed by atoms with van der Waals surface area (Å²) in [5.74, 6) is 0.118. The molecular formula is C26H23ClN2OS. The van der Waals surface area contributed by atoms with Crippen LogP contribution in [0.1, 0.15) is 26.8 Å². The highest BCUT2D eigenvalue weighted by Gasteiger charge is 2.29. The molecular weight excluding hydrogens is 424 g/mol. The van der Waals surface area contributed by atoms with Crippen LogP contribution in [0.2, 0.25) is 5.02 Å². The minimum absolute atomic E-state index is 0.118. The lowest BCUT2D eigenvalue weighted by atomic mass is 9.96. The van der Waals surface area contributed by atoms with Gasteiger partial charge in [-0.2, -0.15) is 0 Å². The van der Waals surface area contributed by atoms with Crippen LogP contribution in [0.25, 0.3) is 10.1 Å². The third-order valence-corrected chi connectivity index (χ3v) is 7.23. The first-order chi connectivity index (χ1) is 15.2. The molecule has 0 N–H and O–H groups in total. The first kappa shape index (κ1) is 20.3. The van der Waals surface area contributed by atoms with Gasteiger partial charge in [-0.25, -0.2) is 0 Å². The highest BCUT2D eigenvalue weighted by Crippen LogP contribution is 2.31. The summed E-state index contributed by atoms with van der Waals surface area (Å²) in [4.78, 5) is 18.4. The molecule has 0 aliphatic carbocycles. The zero-order valence-corrected chi connectivity index (χ0v) is 18.6. The fraction of sp³-hybridized carbons (Fsp3) is 0.192. The fourth-order valence-corrected chi connectivity index (χ4v) is 5.53. The van der Waals surface area contributed by atoms with E-state index in [9.17, 15) is 4.79 Å². The summed E-state index contributed by atoms with van der Waals surface area (Å²) < 4.78 is 1.10. The molecule has 0 atom stereocenters. The van der Waals surface area contributed by atoms with Crippen LogP contribution in [0.4, 0.5) is 0 Å². The SMILES string of the molecule is O=C(c1cc2cc(Cl)ccc2s1)N1CCN(C(c2ccccc2)c2ccccc2)CC1. The van der Waals surface area contributed by atoms with Crippen LogP contribution in [0.5, 0.6) is 0 Å². The van der Waals surface area contributed by atoms with Crippen molar-refractivity contribution < 1.29 is 4.79 Å². The maximum Gasteiger partial charge on any atom is 0.264 e. The largest absolute Gasteiger partial charge is 0.335 e. The molecule has 1 saturated heterocycles. The van der Waals surface area contributed by atoms with Gasteiger partial charge in [-0.15, -0.1) is 11.3 Å². The van der Waals surface area contributed by atoms with Crippen molar-refractivity contribution in [1.29, 1.82) is 0 Å². The number of hydrogen-bond donors (Lipinski definition) is 0. The highest BCUT2D eigenvalue weighted by molar-refractivity contribution is 7.20. The summed E-state index contributed by atoms with van der Waals surface area (Å²) in [6.07, 6.45) is 0. The standard InChI is InChI=1S/C26H23ClN2OS/c27-22-11-12-23-21(17-22)18-24(31-23)26(30)29-15-13-28(14-16-29)25(19-7-3-1-4-8-19)20-9-5-2-6-10-20/h1-12,17-18,25H,13-16H2. The summed E-state index contributed by atoms with van der Waals surface area (Å²) in [5, 5.41) is 1.73. The van der Waals surface area contributed by atoms with Crippen LogP contribution in [0.15, 0.2) is 84.9 Å². The number of thiophene rings is 1. The van der Waals surface area contributed by atoms with Gasteiger partial charge in [-0.3, -0.25) is 9.69 Å². The summed E-state index contributed by atoms with van der Waals surface area (Å²) in [5.41, 5.74) is 2.57. The molecule has 1 amide bonds. The van der Waals surface area contributed by atoms with Crippen LogP contribution in [0.3, 0.4) is 0 Å². The summed E-state index contributed by atoms with van der Waals surface area (Å²) in [7, 11) is 0. The lowest BCUT2D eigenvalue weighted by Crippen LogP contribution is -2.49. The predicted octanol–water partition coefficient (Wildman–Crippen LogP) is 6.10. The van der Waals surface area contributed by atoms with E-state index in [4.69, 9.17) is 11.6 Å². The quantitative estimate of drug-likeness (QED) is 0.378. The van der Waals surface area contributed by atoms with Crippen LogP contribution < -0.4 is 0 Å². The van der Waals surface area contributed by atoms with Crippen LogP contribution in [0, 0.1) is 0 Å². The molecule has 0 saturated carbocycles. The van der Waals surface area contributed by atoms with E-state index in [1.165, 1.54) is 11.1 Å². The monoisotopic (exact) mass is 446 g/mol. The molecule has 4 aromatic rings. The molecule has 0 bridgehead atoms. The third kappa shape index (κ3) is 4.24. The van der Waals surface area contributed by atoms with Crippen molar-refractivity contribution in [3.63, 3.8) is 0 Å². The Kier molecular flexibility index (Phi) is 5.77. The van der Waals surface area contributed by atoms with E-state index in [-0.39, 0.29) is 11.9 Å². The third-order valence-electron chi connectivity index (χ3n) is 5.89. The average molecular weight is 447 g/mol. The maximum atomic E-state index is 13.2. The molecule has 3 aromatic carbocycles. The zero-order valence-electron chi connectivity index (χ0n) is 17.1. The number of carbonyl (C=O) groups excluding carboxylic acids is 1. The average Bonchev–Trinajstić information content (AvgIpc) is 3.24. The van der Waals surface area contributed by atoms with E-state index < -0.39 is 0 Å². The van der Waals surface area contributed by atoms with Crippen LogP contribution in [-0.4, -0.2) is 41.9 Å². The number of piperazine rings is 1. The smallest absolute Gasteiger partial charge is 0.264 e. The van der Waals surface area contributed by atoms with Crippen molar-refractivity contribution in [3.05, 3.63) is 106 Å². The van der Waals surface area contributed by atoms with Crippen molar-refractivity contribution >= 4 is 38.9 Å². The number of halogens is 1. The molecule has 0 unspecified atom stereocenters. The lowest BCUT2D eigenvalue weighted by molar-refractivity contribution is 0.0602. The molecule has 31 heavy (non-hydrogen) atoms. The Labute approximate surface area is 191 Å². The van der Waals surface area contributed by atoms with Gasteiger partial charge in [0.05, 0.1) is 10.9 Å². The number of rotatable bonds is 4. The topological polar surface area (TPSA) is 23.6 Å². The number of benzene rings is 3. The minimum atomic E-state index is 0.118. The Morgan fingerprint density at radius 3 is 2.03 bits per heavy atom. The van der Waals surface area contributed by atoms with Crippen molar-refractivity contribution in [2.24, 2.45) is 0 Å². The predicted molar refractivity (Wildman–Crippen MR) is 129 cm³/mol. The van der Waals surface area contributed by atoms with E-state index in [2.05, 4.69) is 65.6 Å². The van der Waals surface area contributed by atoms with Crippen molar-refractivity contribution in [3.8, 4) is 0 Å². The normalized spacial score (nSPS) is 15.0.